The summed E-state index contributed by atoms with van der Waals surface area (Å²) in [5, 5.41) is 1.10. The van der Waals surface area contributed by atoms with E-state index >= 15 is 0 Å². The summed E-state index contributed by atoms with van der Waals surface area (Å²) in [6.07, 6.45) is 0. The average molecular weight is 402 g/mol. The molecule has 0 spiro atoms. The fourth-order valence-corrected chi connectivity index (χ4v) is 4.51. The largest absolute Gasteiger partial charge is 0.379 e. The van der Waals surface area contributed by atoms with Crippen LogP contribution >= 0.6 is 12.2 Å². The smallest absolute Gasteiger partial charge is 0.243 e. The maximum Gasteiger partial charge on any atom is 0.243 e. The Balaban J connectivity index is 1.99. The predicted octanol–water partition coefficient (Wildman–Crippen LogP) is -0.532. The molecule has 2 aliphatic rings. The summed E-state index contributed by atoms with van der Waals surface area (Å²) in [4.78, 5) is 2.22. The Bertz CT molecular complexity index is 761. The van der Waals surface area contributed by atoms with Gasteiger partial charge in [-0.05, 0) is 30.4 Å². The van der Waals surface area contributed by atoms with Gasteiger partial charge in [-0.25, -0.2) is 14.3 Å². The maximum absolute atomic E-state index is 12.9. The van der Waals surface area contributed by atoms with Crippen molar-refractivity contribution >= 4 is 38.7 Å². The molecule has 9 nitrogen and oxygen atoms in total. The van der Waals surface area contributed by atoms with Gasteiger partial charge in [-0.2, -0.15) is 4.31 Å². The summed E-state index contributed by atoms with van der Waals surface area (Å²) in [5.41, 5.74) is 6.90. The molecule has 0 aliphatic carbocycles. The van der Waals surface area contributed by atoms with Gasteiger partial charge in [-0.15, -0.1) is 0 Å². The van der Waals surface area contributed by atoms with Crippen molar-refractivity contribution in [2.45, 2.75) is 4.90 Å². The molecule has 11 heteroatoms. The summed E-state index contributed by atoms with van der Waals surface area (Å²) in [7, 11) is -3.65. The SMILES string of the molecule is NC(=S)N(N)c1cc(S(=O)(=O)N2CCOCC2)ccc1N1CCOCC1. The number of thiocarbonyl (C=S) groups is 1. The van der Waals surface area contributed by atoms with Gasteiger partial charge in [-0.3, -0.25) is 5.01 Å². The second-order valence-electron chi connectivity index (χ2n) is 5.97. The lowest BCUT2D eigenvalue weighted by molar-refractivity contribution is 0.0730. The van der Waals surface area contributed by atoms with Crippen LogP contribution < -0.4 is 21.5 Å². The highest BCUT2D eigenvalue weighted by molar-refractivity contribution is 7.89. The highest BCUT2D eigenvalue weighted by Crippen LogP contribution is 2.32. The van der Waals surface area contributed by atoms with E-state index in [4.69, 9.17) is 33.3 Å². The van der Waals surface area contributed by atoms with Gasteiger partial charge in [0.25, 0.3) is 0 Å². The van der Waals surface area contributed by atoms with Crippen molar-refractivity contribution in [1.82, 2.24) is 4.31 Å². The molecule has 0 saturated carbocycles. The molecular formula is C15H23N5O4S2. The van der Waals surface area contributed by atoms with E-state index in [2.05, 4.69) is 4.90 Å². The third kappa shape index (κ3) is 3.92. The van der Waals surface area contributed by atoms with Crippen molar-refractivity contribution in [1.29, 1.82) is 0 Å². The number of rotatable bonds is 4. The van der Waals surface area contributed by atoms with Gasteiger partial charge in [0.05, 0.1) is 42.7 Å². The van der Waals surface area contributed by atoms with Crippen LogP contribution in [-0.2, 0) is 19.5 Å². The van der Waals surface area contributed by atoms with E-state index < -0.39 is 10.0 Å². The lowest BCUT2D eigenvalue weighted by Gasteiger charge is -2.33. The van der Waals surface area contributed by atoms with E-state index in [-0.39, 0.29) is 10.0 Å². The molecule has 0 radical (unpaired) electrons. The maximum atomic E-state index is 12.9. The Morgan fingerprint density at radius 1 is 1.08 bits per heavy atom. The monoisotopic (exact) mass is 401 g/mol. The van der Waals surface area contributed by atoms with Crippen molar-refractivity contribution in [2.75, 3.05) is 62.5 Å². The molecule has 2 saturated heterocycles. The number of nitrogens with zero attached hydrogens (tertiary/aromatic N) is 3. The molecule has 0 unspecified atom stereocenters. The van der Waals surface area contributed by atoms with Crippen molar-refractivity contribution in [3.8, 4) is 0 Å². The van der Waals surface area contributed by atoms with Crippen LogP contribution in [0.4, 0.5) is 11.4 Å². The van der Waals surface area contributed by atoms with Crippen LogP contribution in [-0.4, -0.2) is 70.4 Å². The Hall–Kier alpha value is -1.50. The van der Waals surface area contributed by atoms with Gasteiger partial charge >= 0.3 is 0 Å². The Morgan fingerprint density at radius 2 is 1.65 bits per heavy atom. The highest BCUT2D eigenvalue weighted by atomic mass is 32.2. The summed E-state index contributed by atoms with van der Waals surface area (Å²) < 4.78 is 37.9. The minimum atomic E-state index is -3.65. The molecule has 144 valence electrons. The molecule has 2 fully saturated rings. The second kappa shape index (κ2) is 8.03. The van der Waals surface area contributed by atoms with Gasteiger partial charge < -0.3 is 20.1 Å². The van der Waals surface area contributed by atoms with E-state index in [1.807, 2.05) is 0 Å². The number of hydrazine groups is 1. The Labute approximate surface area is 158 Å². The molecule has 0 bridgehead atoms. The molecule has 26 heavy (non-hydrogen) atoms. The van der Waals surface area contributed by atoms with Crippen LogP contribution in [0.15, 0.2) is 23.1 Å². The Kier molecular flexibility index (Phi) is 5.95. The average Bonchev–Trinajstić information content (AvgIpc) is 2.68. The lowest BCUT2D eigenvalue weighted by Crippen LogP contribution is -2.44. The number of hydrogen-bond donors (Lipinski definition) is 2. The van der Waals surface area contributed by atoms with E-state index in [9.17, 15) is 8.42 Å². The Morgan fingerprint density at radius 3 is 2.23 bits per heavy atom. The van der Waals surface area contributed by atoms with E-state index in [0.29, 0.717) is 58.3 Å². The standard InChI is InChI=1S/C15H23N5O4S2/c16-15(25)20(17)14-11-12(26(21,22)19-5-9-24-10-6-19)1-2-13(14)18-3-7-23-8-4-18/h1-2,11H,3-10,17H2,(H2,16,25). The molecule has 4 N–H and O–H groups in total. The summed E-state index contributed by atoms with van der Waals surface area (Å²) in [6, 6.07) is 4.85. The van der Waals surface area contributed by atoms with Gasteiger partial charge in [0, 0.05) is 26.2 Å². The van der Waals surface area contributed by atoms with Crippen LogP contribution in [0.1, 0.15) is 0 Å². The lowest BCUT2D eigenvalue weighted by atomic mass is 10.2. The molecule has 0 atom stereocenters. The fraction of sp³-hybridized carbons (Fsp3) is 0.533. The predicted molar refractivity (Wildman–Crippen MR) is 103 cm³/mol. The normalized spacial score (nSPS) is 19.3. The molecular weight excluding hydrogens is 378 g/mol. The number of benzene rings is 1. The minimum absolute atomic E-state index is 0.0413. The molecule has 1 aromatic carbocycles. The van der Waals surface area contributed by atoms with Crippen LogP contribution in [0.2, 0.25) is 0 Å². The van der Waals surface area contributed by atoms with Crippen LogP contribution in [0.25, 0.3) is 0 Å². The van der Waals surface area contributed by atoms with E-state index in [1.54, 1.807) is 12.1 Å². The molecule has 0 amide bonds. The number of morpholine rings is 2. The van der Waals surface area contributed by atoms with Crippen LogP contribution in [0.3, 0.4) is 0 Å². The van der Waals surface area contributed by atoms with Gasteiger partial charge in [-0.1, -0.05) is 0 Å². The summed E-state index contributed by atoms with van der Waals surface area (Å²) >= 11 is 4.98. The van der Waals surface area contributed by atoms with Gasteiger partial charge in [0.1, 0.15) is 0 Å². The zero-order chi connectivity index (χ0) is 18.7. The van der Waals surface area contributed by atoms with E-state index in [1.165, 1.54) is 10.4 Å². The molecule has 0 aromatic heterocycles. The van der Waals surface area contributed by atoms with Crippen molar-refractivity contribution in [3.63, 3.8) is 0 Å². The first-order valence-electron chi connectivity index (χ1n) is 8.30. The number of hydrogen-bond acceptors (Lipinski definition) is 7. The van der Waals surface area contributed by atoms with Gasteiger partial charge in [0.2, 0.25) is 10.0 Å². The first-order valence-corrected chi connectivity index (χ1v) is 10.1. The van der Waals surface area contributed by atoms with E-state index in [0.717, 1.165) is 10.7 Å². The molecule has 3 rings (SSSR count). The zero-order valence-corrected chi connectivity index (χ0v) is 16.0. The minimum Gasteiger partial charge on any atom is -0.379 e. The molecule has 2 aliphatic heterocycles. The first kappa shape index (κ1) is 19.3. The number of anilines is 2. The second-order valence-corrected chi connectivity index (χ2v) is 8.33. The van der Waals surface area contributed by atoms with Crippen LogP contribution in [0.5, 0.6) is 0 Å². The number of sulfonamides is 1. The quantitative estimate of drug-likeness (QED) is 0.390. The third-order valence-corrected chi connectivity index (χ3v) is 6.49. The number of ether oxygens (including phenoxy) is 2. The zero-order valence-electron chi connectivity index (χ0n) is 14.3. The summed E-state index contributed by atoms with van der Waals surface area (Å²) in [6.45, 7) is 3.94. The molecule has 1 aromatic rings. The summed E-state index contributed by atoms with van der Waals surface area (Å²) in [5.74, 6) is 6.02. The van der Waals surface area contributed by atoms with Crippen molar-refractivity contribution < 1.29 is 17.9 Å². The highest BCUT2D eigenvalue weighted by Gasteiger charge is 2.28. The third-order valence-electron chi connectivity index (χ3n) is 4.40. The van der Waals surface area contributed by atoms with Crippen LogP contribution in [0, 0.1) is 0 Å². The van der Waals surface area contributed by atoms with Crippen molar-refractivity contribution in [3.05, 3.63) is 18.2 Å². The fourth-order valence-electron chi connectivity index (χ4n) is 2.98. The van der Waals surface area contributed by atoms with Crippen molar-refractivity contribution in [2.24, 2.45) is 11.6 Å². The topological polar surface area (TPSA) is 114 Å². The van der Waals surface area contributed by atoms with Gasteiger partial charge in [0.15, 0.2) is 5.11 Å². The first-order chi connectivity index (χ1) is 12.4. The number of nitrogens with two attached hydrogens (primary N) is 2. The molecule has 2 heterocycles.